The Labute approximate surface area is 117 Å². The number of para-hydroxylation sites is 1. The highest BCUT2D eigenvalue weighted by atomic mass is 16.5. The Balaban J connectivity index is 1.55. The molecular formula is C15H19N3O2. The first kappa shape index (κ1) is 13.1. The predicted octanol–water partition coefficient (Wildman–Crippen LogP) is 0.815. The minimum Gasteiger partial charge on any atom is -0.374 e. The average molecular weight is 273 g/mol. The van der Waals surface area contributed by atoms with Crippen LogP contribution in [0.3, 0.4) is 0 Å². The molecule has 0 saturated carbocycles. The third kappa shape index (κ3) is 3.00. The van der Waals surface area contributed by atoms with Gasteiger partial charge in [-0.2, -0.15) is 0 Å². The number of ether oxygens (including phenoxy) is 1. The highest BCUT2D eigenvalue weighted by Crippen LogP contribution is 2.17. The standard InChI is InChI=1S/C15H19N3O2/c19-15(18-10-12-9-16-5-6-20-12)7-11-8-17-14-4-2-1-3-13(11)14/h1-4,8,12,16-17H,5-7,9-10H2,(H,18,19). The Kier molecular flexibility index (Phi) is 3.99. The summed E-state index contributed by atoms with van der Waals surface area (Å²) < 4.78 is 5.55. The van der Waals surface area contributed by atoms with Crippen molar-refractivity contribution in [2.75, 3.05) is 26.2 Å². The molecule has 1 aliphatic heterocycles. The van der Waals surface area contributed by atoms with Gasteiger partial charge in [-0.05, 0) is 11.6 Å². The van der Waals surface area contributed by atoms with Crippen LogP contribution in [0.25, 0.3) is 10.9 Å². The highest BCUT2D eigenvalue weighted by Gasteiger charge is 2.15. The van der Waals surface area contributed by atoms with Crippen LogP contribution in [0.15, 0.2) is 30.5 Å². The first-order valence-corrected chi connectivity index (χ1v) is 6.97. The molecule has 0 radical (unpaired) electrons. The van der Waals surface area contributed by atoms with Crippen LogP contribution in [-0.4, -0.2) is 43.2 Å². The zero-order chi connectivity index (χ0) is 13.8. The van der Waals surface area contributed by atoms with Crippen LogP contribution in [-0.2, 0) is 16.0 Å². The zero-order valence-corrected chi connectivity index (χ0v) is 11.3. The van der Waals surface area contributed by atoms with Crippen molar-refractivity contribution in [2.45, 2.75) is 12.5 Å². The van der Waals surface area contributed by atoms with E-state index in [1.165, 1.54) is 0 Å². The number of amides is 1. The van der Waals surface area contributed by atoms with Crippen molar-refractivity contribution in [2.24, 2.45) is 0 Å². The van der Waals surface area contributed by atoms with E-state index in [-0.39, 0.29) is 12.0 Å². The fourth-order valence-electron chi connectivity index (χ4n) is 2.49. The number of H-pyrrole nitrogens is 1. The quantitative estimate of drug-likeness (QED) is 0.772. The summed E-state index contributed by atoms with van der Waals surface area (Å²) in [5.41, 5.74) is 2.09. The van der Waals surface area contributed by atoms with Crippen LogP contribution in [0.4, 0.5) is 0 Å². The number of hydrogen-bond acceptors (Lipinski definition) is 3. The third-order valence-electron chi connectivity index (χ3n) is 3.56. The van der Waals surface area contributed by atoms with E-state index in [0.29, 0.717) is 19.6 Å². The van der Waals surface area contributed by atoms with E-state index in [1.807, 2.05) is 30.5 Å². The number of hydrogen-bond donors (Lipinski definition) is 3. The zero-order valence-electron chi connectivity index (χ0n) is 11.3. The molecule has 1 aromatic carbocycles. The van der Waals surface area contributed by atoms with Gasteiger partial charge in [-0.1, -0.05) is 18.2 Å². The first-order chi connectivity index (χ1) is 9.83. The van der Waals surface area contributed by atoms with Crippen LogP contribution in [0.5, 0.6) is 0 Å². The van der Waals surface area contributed by atoms with E-state index < -0.39 is 0 Å². The van der Waals surface area contributed by atoms with Crippen LogP contribution >= 0.6 is 0 Å². The van der Waals surface area contributed by atoms with Crippen molar-refractivity contribution in [3.05, 3.63) is 36.0 Å². The number of benzene rings is 1. The fraction of sp³-hybridized carbons (Fsp3) is 0.400. The molecule has 5 nitrogen and oxygen atoms in total. The normalized spacial score (nSPS) is 19.1. The minimum absolute atomic E-state index is 0.0314. The molecule has 1 atom stereocenters. The number of carbonyl (C=O) groups is 1. The number of rotatable bonds is 4. The first-order valence-electron chi connectivity index (χ1n) is 6.97. The van der Waals surface area contributed by atoms with Gasteiger partial charge in [-0.3, -0.25) is 4.79 Å². The molecular weight excluding hydrogens is 254 g/mol. The third-order valence-corrected chi connectivity index (χ3v) is 3.56. The van der Waals surface area contributed by atoms with Crippen molar-refractivity contribution < 1.29 is 9.53 Å². The summed E-state index contributed by atoms with van der Waals surface area (Å²) in [5.74, 6) is 0.0314. The monoisotopic (exact) mass is 273 g/mol. The van der Waals surface area contributed by atoms with Gasteiger partial charge < -0.3 is 20.4 Å². The van der Waals surface area contributed by atoms with Crippen molar-refractivity contribution in [3.63, 3.8) is 0 Å². The van der Waals surface area contributed by atoms with Crippen molar-refractivity contribution in [1.29, 1.82) is 0 Å². The molecule has 106 valence electrons. The molecule has 20 heavy (non-hydrogen) atoms. The lowest BCUT2D eigenvalue weighted by Gasteiger charge is -2.23. The number of fused-ring (bicyclic) bond motifs is 1. The Hall–Kier alpha value is -1.85. The van der Waals surface area contributed by atoms with Crippen molar-refractivity contribution >= 4 is 16.8 Å². The summed E-state index contributed by atoms with van der Waals surface area (Å²) in [7, 11) is 0. The lowest BCUT2D eigenvalue weighted by atomic mass is 10.1. The van der Waals surface area contributed by atoms with E-state index in [0.717, 1.165) is 29.6 Å². The Bertz CT molecular complexity index is 588. The van der Waals surface area contributed by atoms with E-state index in [9.17, 15) is 4.79 Å². The van der Waals surface area contributed by atoms with Crippen molar-refractivity contribution in [3.8, 4) is 0 Å². The summed E-state index contributed by atoms with van der Waals surface area (Å²) >= 11 is 0. The van der Waals surface area contributed by atoms with Gasteiger partial charge >= 0.3 is 0 Å². The Morgan fingerprint density at radius 1 is 1.40 bits per heavy atom. The maximum Gasteiger partial charge on any atom is 0.224 e. The van der Waals surface area contributed by atoms with Gasteiger partial charge in [0, 0.05) is 36.7 Å². The van der Waals surface area contributed by atoms with Crippen LogP contribution in [0.1, 0.15) is 5.56 Å². The van der Waals surface area contributed by atoms with Gasteiger partial charge in [0.15, 0.2) is 0 Å². The van der Waals surface area contributed by atoms with Gasteiger partial charge in [0.2, 0.25) is 5.91 Å². The summed E-state index contributed by atoms with van der Waals surface area (Å²) in [5, 5.41) is 7.29. The van der Waals surface area contributed by atoms with E-state index in [1.54, 1.807) is 0 Å². The van der Waals surface area contributed by atoms with Crippen molar-refractivity contribution in [1.82, 2.24) is 15.6 Å². The molecule has 1 unspecified atom stereocenters. The Morgan fingerprint density at radius 2 is 2.30 bits per heavy atom. The number of aromatic amines is 1. The van der Waals surface area contributed by atoms with Crippen LogP contribution in [0, 0.1) is 0 Å². The van der Waals surface area contributed by atoms with Gasteiger partial charge in [0.25, 0.3) is 0 Å². The second-order valence-electron chi connectivity index (χ2n) is 5.04. The topological polar surface area (TPSA) is 66.2 Å². The van der Waals surface area contributed by atoms with Gasteiger partial charge in [-0.25, -0.2) is 0 Å². The van der Waals surface area contributed by atoms with Gasteiger partial charge in [0.1, 0.15) is 0 Å². The second-order valence-corrected chi connectivity index (χ2v) is 5.04. The maximum atomic E-state index is 12.0. The van der Waals surface area contributed by atoms with Gasteiger partial charge in [-0.15, -0.1) is 0 Å². The molecule has 1 amide bonds. The molecule has 5 heteroatoms. The van der Waals surface area contributed by atoms with E-state index >= 15 is 0 Å². The maximum absolute atomic E-state index is 12.0. The molecule has 0 bridgehead atoms. The predicted molar refractivity (Wildman–Crippen MR) is 77.6 cm³/mol. The highest BCUT2D eigenvalue weighted by molar-refractivity contribution is 5.88. The molecule has 2 aromatic rings. The largest absolute Gasteiger partial charge is 0.374 e. The number of nitrogens with one attached hydrogen (secondary N) is 3. The minimum atomic E-state index is 0.0314. The number of aromatic nitrogens is 1. The summed E-state index contributed by atoms with van der Waals surface area (Å²) in [6.45, 7) is 2.96. The average Bonchev–Trinajstić information content (AvgIpc) is 2.90. The second kappa shape index (κ2) is 6.07. The summed E-state index contributed by atoms with van der Waals surface area (Å²) in [4.78, 5) is 15.2. The smallest absolute Gasteiger partial charge is 0.224 e. The van der Waals surface area contributed by atoms with E-state index in [4.69, 9.17) is 4.74 Å². The van der Waals surface area contributed by atoms with E-state index in [2.05, 4.69) is 15.6 Å². The summed E-state index contributed by atoms with van der Waals surface area (Å²) in [6, 6.07) is 8.01. The molecule has 0 spiro atoms. The van der Waals surface area contributed by atoms with Crippen LogP contribution in [0.2, 0.25) is 0 Å². The summed E-state index contributed by atoms with van der Waals surface area (Å²) in [6.07, 6.45) is 2.38. The fourth-order valence-corrected chi connectivity index (χ4v) is 2.49. The number of carbonyl (C=O) groups excluding carboxylic acids is 1. The molecule has 3 N–H and O–H groups in total. The SMILES string of the molecule is O=C(Cc1c[nH]c2ccccc12)NCC1CNCCO1. The molecule has 1 aliphatic rings. The molecule has 1 aromatic heterocycles. The number of morpholine rings is 1. The van der Waals surface area contributed by atoms with Crippen LogP contribution < -0.4 is 10.6 Å². The molecule has 3 rings (SSSR count). The van der Waals surface area contributed by atoms with Gasteiger partial charge in [0.05, 0.1) is 19.1 Å². The molecule has 1 fully saturated rings. The molecule has 2 heterocycles. The Morgan fingerprint density at radius 3 is 3.15 bits per heavy atom. The molecule has 1 saturated heterocycles. The lowest BCUT2D eigenvalue weighted by molar-refractivity contribution is -0.121. The lowest BCUT2D eigenvalue weighted by Crippen LogP contribution is -2.45. The molecule has 0 aliphatic carbocycles.